The van der Waals surface area contributed by atoms with Gasteiger partial charge < -0.3 is 5.32 Å². The number of rotatable bonds is 1. The summed E-state index contributed by atoms with van der Waals surface area (Å²) in [5, 5.41) is 3.20. The molecule has 0 bridgehead atoms. The molecule has 0 aromatic heterocycles. The van der Waals surface area contributed by atoms with Gasteiger partial charge in [0.1, 0.15) is 0 Å². The average Bonchev–Trinajstić information content (AvgIpc) is 2.53. The van der Waals surface area contributed by atoms with Crippen LogP contribution in [0.5, 0.6) is 0 Å². The van der Waals surface area contributed by atoms with Crippen molar-refractivity contribution in [2.45, 2.75) is 26.3 Å². The first-order valence-corrected chi connectivity index (χ1v) is 6.93. The maximum Gasteiger partial charge on any atom is 0.0587 e. The molecule has 0 fully saturated rings. The SMILES string of the molecule is CNc1c[c-]c2c(c1)-c1ccccc1C(C)=NC2(C)C.[Re]. The maximum absolute atomic E-state index is 4.91. The van der Waals surface area contributed by atoms with Crippen LogP contribution in [-0.2, 0) is 26.0 Å². The molecule has 1 aliphatic rings. The zero-order valence-corrected chi connectivity index (χ0v) is 15.5. The van der Waals surface area contributed by atoms with E-state index < -0.39 is 0 Å². The molecule has 0 amide bonds. The summed E-state index contributed by atoms with van der Waals surface area (Å²) < 4.78 is 0. The number of anilines is 1. The molecular formula is C18H19N2Re-. The van der Waals surface area contributed by atoms with E-state index in [4.69, 9.17) is 4.99 Å². The summed E-state index contributed by atoms with van der Waals surface area (Å²) in [6.07, 6.45) is 0. The molecule has 2 aromatic rings. The maximum atomic E-state index is 4.91. The quantitative estimate of drug-likeness (QED) is 0.647. The minimum Gasteiger partial charge on any atom is -0.439 e. The van der Waals surface area contributed by atoms with Gasteiger partial charge in [0.15, 0.2) is 0 Å². The Hall–Kier alpha value is -1.43. The summed E-state index contributed by atoms with van der Waals surface area (Å²) in [5.41, 5.74) is 6.72. The third-order valence-corrected chi connectivity index (χ3v) is 3.90. The molecule has 0 aliphatic carbocycles. The second-order valence-electron chi connectivity index (χ2n) is 5.73. The number of aliphatic imine (C=N–C) groups is 1. The van der Waals surface area contributed by atoms with E-state index in [0.717, 1.165) is 17.0 Å². The van der Waals surface area contributed by atoms with Crippen molar-refractivity contribution >= 4 is 11.4 Å². The van der Waals surface area contributed by atoms with Gasteiger partial charge in [-0.05, 0) is 33.4 Å². The van der Waals surface area contributed by atoms with Crippen LogP contribution in [0.1, 0.15) is 31.9 Å². The summed E-state index contributed by atoms with van der Waals surface area (Å²) in [6.45, 7) is 6.39. The van der Waals surface area contributed by atoms with Crippen molar-refractivity contribution in [3.8, 4) is 11.1 Å². The van der Waals surface area contributed by atoms with Crippen LogP contribution in [0.2, 0.25) is 0 Å². The van der Waals surface area contributed by atoms with Gasteiger partial charge in [-0.15, -0.1) is 17.2 Å². The van der Waals surface area contributed by atoms with E-state index >= 15 is 0 Å². The molecule has 3 rings (SSSR count). The molecule has 0 atom stereocenters. The summed E-state index contributed by atoms with van der Waals surface area (Å²) in [5.74, 6) is 0. The average molecular weight is 450 g/mol. The molecule has 0 saturated carbocycles. The smallest absolute Gasteiger partial charge is 0.0587 e. The van der Waals surface area contributed by atoms with Crippen LogP contribution in [0.4, 0.5) is 5.69 Å². The zero-order valence-electron chi connectivity index (χ0n) is 12.8. The molecule has 2 aromatic carbocycles. The fourth-order valence-electron chi connectivity index (χ4n) is 2.93. The molecule has 0 saturated heterocycles. The molecule has 109 valence electrons. The van der Waals surface area contributed by atoms with Gasteiger partial charge in [-0.1, -0.05) is 35.5 Å². The number of hydrogen-bond donors (Lipinski definition) is 1. The molecule has 1 heterocycles. The van der Waals surface area contributed by atoms with E-state index in [2.05, 4.69) is 62.5 Å². The van der Waals surface area contributed by atoms with Crippen LogP contribution in [0, 0.1) is 6.07 Å². The van der Waals surface area contributed by atoms with E-state index in [1.54, 1.807) is 0 Å². The predicted octanol–water partition coefficient (Wildman–Crippen LogP) is 4.25. The Morgan fingerprint density at radius 1 is 1.10 bits per heavy atom. The fraction of sp³-hybridized carbons (Fsp3) is 0.278. The van der Waals surface area contributed by atoms with Crippen molar-refractivity contribution < 1.29 is 20.4 Å². The molecule has 2 nitrogen and oxygen atoms in total. The van der Waals surface area contributed by atoms with Crippen LogP contribution in [0.3, 0.4) is 0 Å². The Labute approximate surface area is 140 Å². The van der Waals surface area contributed by atoms with Crippen molar-refractivity contribution in [3.05, 3.63) is 53.6 Å². The van der Waals surface area contributed by atoms with Gasteiger partial charge in [0.2, 0.25) is 0 Å². The summed E-state index contributed by atoms with van der Waals surface area (Å²) in [7, 11) is 1.94. The molecular weight excluding hydrogens is 430 g/mol. The van der Waals surface area contributed by atoms with Gasteiger partial charge in [-0.2, -0.15) is 12.1 Å². The van der Waals surface area contributed by atoms with Crippen molar-refractivity contribution in [2.24, 2.45) is 4.99 Å². The standard InChI is InChI=1S/C18H19N2.Re/c1-12-14-7-5-6-8-15(14)16-11-13(19-4)9-10-17(16)18(2,3)20-12;/h5-9,11,19H,1-4H3;/q-1;. The van der Waals surface area contributed by atoms with Crippen LogP contribution in [-0.4, -0.2) is 12.8 Å². The van der Waals surface area contributed by atoms with Gasteiger partial charge in [0.25, 0.3) is 0 Å². The van der Waals surface area contributed by atoms with E-state index in [1.807, 2.05) is 13.1 Å². The fourth-order valence-corrected chi connectivity index (χ4v) is 2.93. The summed E-state index contributed by atoms with van der Waals surface area (Å²) in [6, 6.07) is 16.1. The third-order valence-electron chi connectivity index (χ3n) is 3.90. The Bertz CT molecular complexity index is 702. The van der Waals surface area contributed by atoms with E-state index in [-0.39, 0.29) is 26.0 Å². The number of benzene rings is 2. The largest absolute Gasteiger partial charge is 0.439 e. The molecule has 3 heteroatoms. The Morgan fingerprint density at radius 2 is 1.76 bits per heavy atom. The first-order valence-electron chi connectivity index (χ1n) is 6.93. The monoisotopic (exact) mass is 450 g/mol. The van der Waals surface area contributed by atoms with Gasteiger partial charge in [-0.25, -0.2) is 0 Å². The predicted molar refractivity (Wildman–Crippen MR) is 85.5 cm³/mol. The zero-order chi connectivity index (χ0) is 14.3. The van der Waals surface area contributed by atoms with Crippen molar-refractivity contribution in [2.75, 3.05) is 12.4 Å². The molecule has 1 radical (unpaired) electrons. The van der Waals surface area contributed by atoms with Gasteiger partial charge in [-0.3, -0.25) is 4.99 Å². The third kappa shape index (κ3) is 2.69. The number of nitrogens with zero attached hydrogens (tertiary/aromatic N) is 1. The second kappa shape index (κ2) is 5.75. The van der Waals surface area contributed by atoms with Crippen molar-refractivity contribution in [3.63, 3.8) is 0 Å². The summed E-state index contributed by atoms with van der Waals surface area (Å²) >= 11 is 0. The number of hydrogen-bond acceptors (Lipinski definition) is 2. The van der Waals surface area contributed by atoms with Crippen molar-refractivity contribution in [1.82, 2.24) is 0 Å². The number of nitrogens with one attached hydrogen (secondary N) is 1. The molecule has 0 unspecified atom stereocenters. The Kier molecular flexibility index (Phi) is 4.37. The van der Waals surface area contributed by atoms with Gasteiger partial charge >= 0.3 is 0 Å². The first kappa shape index (κ1) is 16.0. The molecule has 1 aliphatic heterocycles. The van der Waals surface area contributed by atoms with E-state index in [0.29, 0.717) is 0 Å². The van der Waals surface area contributed by atoms with Crippen LogP contribution >= 0.6 is 0 Å². The Balaban J connectivity index is 0.00000161. The topological polar surface area (TPSA) is 24.4 Å². The minimum atomic E-state index is -0.259. The normalized spacial score (nSPS) is 15.0. The van der Waals surface area contributed by atoms with Crippen LogP contribution < -0.4 is 5.32 Å². The van der Waals surface area contributed by atoms with Crippen LogP contribution in [0.15, 0.2) is 41.4 Å². The van der Waals surface area contributed by atoms with Gasteiger partial charge in [0.05, 0.1) is 5.54 Å². The Morgan fingerprint density at radius 3 is 2.43 bits per heavy atom. The minimum absolute atomic E-state index is 0. The number of fused-ring (bicyclic) bond motifs is 3. The first-order chi connectivity index (χ1) is 9.53. The van der Waals surface area contributed by atoms with Crippen LogP contribution in [0.25, 0.3) is 11.1 Å². The van der Waals surface area contributed by atoms with Gasteiger partial charge in [0, 0.05) is 26.1 Å². The molecule has 21 heavy (non-hydrogen) atoms. The second-order valence-corrected chi connectivity index (χ2v) is 5.73. The summed E-state index contributed by atoms with van der Waals surface area (Å²) in [4.78, 5) is 4.91. The van der Waals surface area contributed by atoms with E-state index in [9.17, 15) is 0 Å². The molecule has 0 spiro atoms. The van der Waals surface area contributed by atoms with Crippen molar-refractivity contribution in [1.29, 1.82) is 0 Å². The molecule has 1 N–H and O–H groups in total. The van der Waals surface area contributed by atoms with E-state index in [1.165, 1.54) is 16.7 Å².